The lowest BCUT2D eigenvalue weighted by molar-refractivity contribution is 0.0525. The van der Waals surface area contributed by atoms with Crippen molar-refractivity contribution in [1.82, 2.24) is 14.9 Å². The van der Waals surface area contributed by atoms with Crippen molar-refractivity contribution in [3.8, 4) is 0 Å². The van der Waals surface area contributed by atoms with E-state index in [0.29, 0.717) is 36.0 Å². The van der Waals surface area contributed by atoms with Gasteiger partial charge in [0, 0.05) is 39.6 Å². The molecule has 1 aliphatic carbocycles. The maximum atomic E-state index is 12.1. The maximum absolute atomic E-state index is 12.1. The Morgan fingerprint density at radius 2 is 2.08 bits per heavy atom. The maximum Gasteiger partial charge on any atom is 0.341 e. The van der Waals surface area contributed by atoms with Crippen LogP contribution in [0.2, 0.25) is 0 Å². The van der Waals surface area contributed by atoms with E-state index in [0.717, 1.165) is 25.7 Å². The number of carbonyl (C=O) groups is 1. The van der Waals surface area contributed by atoms with Crippen LogP contribution in [-0.2, 0) is 9.47 Å². The van der Waals surface area contributed by atoms with Crippen LogP contribution in [-0.4, -0.2) is 60.8 Å². The number of aromatic nitrogens is 2. The Balaban J connectivity index is 2.14. The first kappa shape index (κ1) is 19.2. The van der Waals surface area contributed by atoms with Gasteiger partial charge in [0.05, 0.1) is 18.4 Å². The van der Waals surface area contributed by atoms with E-state index in [1.54, 1.807) is 20.1 Å². The Morgan fingerprint density at radius 1 is 1.36 bits per heavy atom. The van der Waals surface area contributed by atoms with Crippen LogP contribution >= 0.6 is 0 Å². The second kappa shape index (κ2) is 9.36. The number of carbonyl (C=O) groups excluding carboxylic acids is 1. The third-order valence-corrected chi connectivity index (χ3v) is 4.18. The van der Waals surface area contributed by atoms with Gasteiger partial charge in [-0.2, -0.15) is 0 Å². The normalized spacial score (nSPS) is 20.5. The molecule has 0 atom stereocenters. The number of esters is 1. The lowest BCUT2D eigenvalue weighted by atomic mass is 9.93. The molecule has 7 nitrogen and oxygen atoms in total. The average Bonchev–Trinajstić information content (AvgIpc) is 2.61. The van der Waals surface area contributed by atoms with Crippen LogP contribution in [0.1, 0.15) is 48.7 Å². The second-order valence-electron chi connectivity index (χ2n) is 6.35. The molecule has 7 heteroatoms. The molecule has 1 aliphatic rings. The van der Waals surface area contributed by atoms with E-state index in [4.69, 9.17) is 9.47 Å². The Hall–Kier alpha value is -2.15. The summed E-state index contributed by atoms with van der Waals surface area (Å²) < 4.78 is 10.5. The minimum absolute atomic E-state index is 0.318. The van der Waals surface area contributed by atoms with Crippen LogP contribution in [0.15, 0.2) is 12.4 Å². The molecule has 0 unspecified atom stereocenters. The van der Waals surface area contributed by atoms with Gasteiger partial charge in [-0.15, -0.1) is 0 Å². The van der Waals surface area contributed by atoms with E-state index in [2.05, 4.69) is 15.3 Å². The third kappa shape index (κ3) is 5.70. The smallest absolute Gasteiger partial charge is 0.341 e. The van der Waals surface area contributed by atoms with E-state index < -0.39 is 5.97 Å². The largest absolute Gasteiger partial charge is 0.462 e. The number of nitrogens with zero attached hydrogens (tertiary/aromatic N) is 3. The SMILES string of the molecule is CCOC(=O)c1cnc(N[C@H]2CC[C@H](OC)CC2)nc1/C=C/N(C)C. The molecule has 1 heterocycles. The quantitative estimate of drug-likeness (QED) is 0.759. The van der Waals surface area contributed by atoms with Gasteiger partial charge in [0.2, 0.25) is 5.95 Å². The fourth-order valence-corrected chi connectivity index (χ4v) is 2.80. The van der Waals surface area contributed by atoms with Gasteiger partial charge in [-0.25, -0.2) is 14.8 Å². The van der Waals surface area contributed by atoms with Crippen molar-refractivity contribution < 1.29 is 14.3 Å². The molecular formula is C18H28N4O3. The summed E-state index contributed by atoms with van der Waals surface area (Å²) in [7, 11) is 5.59. The molecule has 0 aliphatic heterocycles. The van der Waals surface area contributed by atoms with Crippen LogP contribution in [0.25, 0.3) is 6.08 Å². The number of anilines is 1. The number of rotatable bonds is 7. The van der Waals surface area contributed by atoms with E-state index in [-0.39, 0.29) is 0 Å². The first-order valence-corrected chi connectivity index (χ1v) is 8.71. The minimum Gasteiger partial charge on any atom is -0.462 e. The summed E-state index contributed by atoms with van der Waals surface area (Å²) in [5.41, 5.74) is 0.920. The first-order valence-electron chi connectivity index (χ1n) is 8.71. The Morgan fingerprint density at radius 3 is 2.68 bits per heavy atom. The Labute approximate surface area is 149 Å². The molecular weight excluding hydrogens is 320 g/mol. The van der Waals surface area contributed by atoms with E-state index >= 15 is 0 Å². The van der Waals surface area contributed by atoms with Crippen LogP contribution in [0.4, 0.5) is 5.95 Å². The first-order chi connectivity index (χ1) is 12.0. The summed E-state index contributed by atoms with van der Waals surface area (Å²) in [4.78, 5) is 22.8. The topological polar surface area (TPSA) is 76.6 Å². The monoisotopic (exact) mass is 348 g/mol. The summed E-state index contributed by atoms with van der Waals surface area (Å²) in [5.74, 6) is 0.125. The summed E-state index contributed by atoms with van der Waals surface area (Å²) >= 11 is 0. The van der Waals surface area contributed by atoms with Crippen molar-refractivity contribution in [1.29, 1.82) is 0 Å². The molecule has 2 rings (SSSR count). The fourth-order valence-electron chi connectivity index (χ4n) is 2.80. The molecule has 1 saturated carbocycles. The molecule has 1 aromatic rings. The highest BCUT2D eigenvalue weighted by atomic mass is 16.5. The lowest BCUT2D eigenvalue weighted by Crippen LogP contribution is -2.30. The van der Waals surface area contributed by atoms with Gasteiger partial charge in [0.15, 0.2) is 0 Å². The van der Waals surface area contributed by atoms with Crippen molar-refractivity contribution in [2.24, 2.45) is 0 Å². The summed E-state index contributed by atoms with van der Waals surface area (Å²) in [5, 5.41) is 3.37. The molecule has 0 amide bonds. The Bertz CT molecular complexity index is 596. The van der Waals surface area contributed by atoms with Crippen molar-refractivity contribution in [2.75, 3.05) is 33.1 Å². The summed E-state index contributed by atoms with van der Waals surface area (Å²) in [6, 6.07) is 0.325. The predicted molar refractivity (Wildman–Crippen MR) is 97.4 cm³/mol. The van der Waals surface area contributed by atoms with Crippen molar-refractivity contribution in [3.05, 3.63) is 23.7 Å². The standard InChI is InChI=1S/C18H28N4O3/c1-5-25-17(23)15-12-19-18(21-16(15)10-11-22(2)3)20-13-6-8-14(24-4)9-7-13/h10-14H,5-9H2,1-4H3,(H,19,20,21)/b11-10+/t13-,14-. The highest BCUT2D eigenvalue weighted by Crippen LogP contribution is 2.23. The lowest BCUT2D eigenvalue weighted by Gasteiger charge is -2.28. The van der Waals surface area contributed by atoms with Gasteiger partial charge in [0.1, 0.15) is 5.56 Å². The molecule has 25 heavy (non-hydrogen) atoms. The molecule has 1 N–H and O–H groups in total. The molecule has 138 valence electrons. The zero-order valence-electron chi connectivity index (χ0n) is 15.5. The number of ether oxygens (including phenoxy) is 2. The molecule has 1 aromatic heterocycles. The molecule has 1 fully saturated rings. The number of hydrogen-bond acceptors (Lipinski definition) is 7. The molecule has 0 aromatic carbocycles. The highest BCUT2D eigenvalue weighted by molar-refractivity contribution is 5.92. The van der Waals surface area contributed by atoms with Gasteiger partial charge in [-0.1, -0.05) is 0 Å². The van der Waals surface area contributed by atoms with Crippen LogP contribution < -0.4 is 5.32 Å². The number of hydrogen-bond donors (Lipinski definition) is 1. The number of methoxy groups -OCH3 is 1. The van der Waals surface area contributed by atoms with Gasteiger partial charge >= 0.3 is 5.97 Å². The van der Waals surface area contributed by atoms with Crippen molar-refractivity contribution >= 4 is 18.0 Å². The zero-order chi connectivity index (χ0) is 18.2. The highest BCUT2D eigenvalue weighted by Gasteiger charge is 2.22. The van der Waals surface area contributed by atoms with Crippen LogP contribution in [0, 0.1) is 0 Å². The minimum atomic E-state index is -0.409. The second-order valence-corrected chi connectivity index (χ2v) is 6.35. The van der Waals surface area contributed by atoms with E-state index in [1.165, 1.54) is 6.20 Å². The zero-order valence-corrected chi connectivity index (χ0v) is 15.5. The fraction of sp³-hybridized carbons (Fsp3) is 0.611. The number of nitrogens with one attached hydrogen (secondary N) is 1. The summed E-state index contributed by atoms with van der Waals surface area (Å²) in [6.07, 6.45) is 9.62. The van der Waals surface area contributed by atoms with E-state index in [1.807, 2.05) is 25.2 Å². The predicted octanol–water partition coefficient (Wildman–Crippen LogP) is 2.56. The molecule has 0 saturated heterocycles. The molecule has 0 spiro atoms. The average molecular weight is 348 g/mol. The van der Waals surface area contributed by atoms with Crippen molar-refractivity contribution in [2.45, 2.75) is 44.8 Å². The van der Waals surface area contributed by atoms with Gasteiger partial charge < -0.3 is 19.7 Å². The summed E-state index contributed by atoms with van der Waals surface area (Å²) in [6.45, 7) is 2.10. The van der Waals surface area contributed by atoms with Gasteiger partial charge in [-0.05, 0) is 38.7 Å². The molecule has 0 bridgehead atoms. The van der Waals surface area contributed by atoms with Crippen LogP contribution in [0.5, 0.6) is 0 Å². The third-order valence-electron chi connectivity index (χ3n) is 4.18. The van der Waals surface area contributed by atoms with Gasteiger partial charge in [-0.3, -0.25) is 0 Å². The van der Waals surface area contributed by atoms with E-state index in [9.17, 15) is 4.79 Å². The van der Waals surface area contributed by atoms with Crippen LogP contribution in [0.3, 0.4) is 0 Å². The van der Waals surface area contributed by atoms with Gasteiger partial charge in [0.25, 0.3) is 0 Å². The Kier molecular flexibility index (Phi) is 7.18. The molecule has 0 radical (unpaired) electrons. The van der Waals surface area contributed by atoms with Crippen molar-refractivity contribution in [3.63, 3.8) is 0 Å².